The van der Waals surface area contributed by atoms with Gasteiger partial charge in [-0.15, -0.1) is 0 Å². The molecular weight excluding hydrogens is 444 g/mol. The number of nitrogens with one attached hydrogen (secondary N) is 1. The van der Waals surface area contributed by atoms with E-state index in [1.54, 1.807) is 53.5 Å². The molecule has 3 amide bonds. The van der Waals surface area contributed by atoms with Crippen molar-refractivity contribution in [1.82, 2.24) is 19.7 Å². The third-order valence-corrected chi connectivity index (χ3v) is 5.66. The van der Waals surface area contributed by atoms with E-state index in [4.69, 9.17) is 0 Å². The number of para-hydroxylation sites is 2. The van der Waals surface area contributed by atoms with Crippen molar-refractivity contribution in [3.05, 3.63) is 103 Å². The van der Waals surface area contributed by atoms with Gasteiger partial charge in [0.05, 0.1) is 5.56 Å². The quantitative estimate of drug-likeness (QED) is 0.488. The van der Waals surface area contributed by atoms with E-state index in [2.05, 4.69) is 15.4 Å². The summed E-state index contributed by atoms with van der Waals surface area (Å²) < 4.78 is 1.59. The van der Waals surface area contributed by atoms with E-state index < -0.39 is 0 Å². The molecule has 2 aromatic carbocycles. The maximum atomic E-state index is 13.4. The molecule has 9 nitrogen and oxygen atoms in total. The van der Waals surface area contributed by atoms with Crippen molar-refractivity contribution in [3.63, 3.8) is 0 Å². The van der Waals surface area contributed by atoms with Gasteiger partial charge in [0, 0.05) is 36.5 Å². The van der Waals surface area contributed by atoms with Crippen LogP contribution in [0.3, 0.4) is 0 Å². The van der Waals surface area contributed by atoms with Crippen molar-refractivity contribution >= 4 is 29.1 Å². The monoisotopic (exact) mass is 466 g/mol. The Balaban J connectivity index is 1.36. The zero-order chi connectivity index (χ0) is 24.2. The summed E-state index contributed by atoms with van der Waals surface area (Å²) in [6, 6.07) is 21.5. The van der Waals surface area contributed by atoms with Gasteiger partial charge in [-0.1, -0.05) is 36.4 Å². The lowest BCUT2D eigenvalue weighted by atomic mass is 10.1. The van der Waals surface area contributed by atoms with Gasteiger partial charge in [0.1, 0.15) is 13.1 Å². The van der Waals surface area contributed by atoms with E-state index >= 15 is 0 Å². The van der Waals surface area contributed by atoms with Crippen LogP contribution in [0.25, 0.3) is 5.82 Å². The van der Waals surface area contributed by atoms with Gasteiger partial charge in [-0.05, 0) is 42.0 Å². The third kappa shape index (κ3) is 4.79. The summed E-state index contributed by atoms with van der Waals surface area (Å²) in [6.07, 6.45) is 4.88. The standard InChI is InChI=1S/C26H22N6O3/c33-24(29-21-8-2-1-3-9-21)17-30-16-20-7-4-5-10-22(20)31(18-25(30)34)26(35)19-11-12-23(27-15-19)32-14-6-13-28-32/h1-15H,16-18H2,(H,29,33). The number of nitrogens with zero attached hydrogens (tertiary/aromatic N) is 5. The molecule has 0 saturated carbocycles. The third-order valence-electron chi connectivity index (χ3n) is 5.66. The number of hydrogen-bond acceptors (Lipinski definition) is 5. The van der Waals surface area contributed by atoms with Crippen LogP contribution in [0.1, 0.15) is 15.9 Å². The molecule has 0 radical (unpaired) electrons. The van der Waals surface area contributed by atoms with Gasteiger partial charge in [0.25, 0.3) is 5.91 Å². The molecule has 4 aromatic rings. The van der Waals surface area contributed by atoms with E-state index in [9.17, 15) is 14.4 Å². The first-order valence-corrected chi connectivity index (χ1v) is 11.1. The van der Waals surface area contributed by atoms with Gasteiger partial charge in [-0.25, -0.2) is 9.67 Å². The minimum absolute atomic E-state index is 0.121. The average Bonchev–Trinajstić information content (AvgIpc) is 3.38. The van der Waals surface area contributed by atoms with Crippen LogP contribution in [0.15, 0.2) is 91.4 Å². The predicted octanol–water partition coefficient (Wildman–Crippen LogP) is 2.90. The maximum absolute atomic E-state index is 13.4. The Morgan fingerprint density at radius 3 is 2.46 bits per heavy atom. The SMILES string of the molecule is O=C(CN1Cc2ccccc2N(C(=O)c2ccc(-n3cccn3)nc2)CC1=O)Nc1ccccc1. The minimum atomic E-state index is -0.346. The topological polar surface area (TPSA) is 100 Å². The van der Waals surface area contributed by atoms with Crippen molar-refractivity contribution in [1.29, 1.82) is 0 Å². The number of aromatic nitrogens is 3. The van der Waals surface area contributed by atoms with Gasteiger partial charge < -0.3 is 10.2 Å². The van der Waals surface area contributed by atoms with Crippen molar-refractivity contribution in [2.45, 2.75) is 6.54 Å². The molecule has 1 aliphatic heterocycles. The molecule has 0 atom stereocenters. The summed E-state index contributed by atoms with van der Waals surface area (Å²) in [5.41, 5.74) is 2.41. The van der Waals surface area contributed by atoms with Crippen LogP contribution in [0, 0.1) is 0 Å². The van der Waals surface area contributed by atoms with Crippen LogP contribution >= 0.6 is 0 Å². The lowest BCUT2D eigenvalue weighted by Gasteiger charge is -2.22. The molecule has 0 unspecified atom stereocenters. The van der Waals surface area contributed by atoms with Gasteiger partial charge in [0.2, 0.25) is 11.8 Å². The zero-order valence-electron chi connectivity index (χ0n) is 18.7. The van der Waals surface area contributed by atoms with Crippen LogP contribution in [0.4, 0.5) is 11.4 Å². The summed E-state index contributed by atoms with van der Waals surface area (Å²) in [5, 5.41) is 6.94. The molecule has 2 aromatic heterocycles. The molecule has 5 rings (SSSR count). The second kappa shape index (κ2) is 9.60. The fraction of sp³-hybridized carbons (Fsp3) is 0.115. The average molecular weight is 467 g/mol. The lowest BCUT2D eigenvalue weighted by Crippen LogP contribution is -2.42. The number of pyridine rings is 1. The largest absolute Gasteiger partial charge is 0.327 e. The fourth-order valence-electron chi connectivity index (χ4n) is 3.95. The number of carbonyl (C=O) groups excluding carboxylic acids is 3. The van der Waals surface area contributed by atoms with Crippen molar-refractivity contribution in [2.75, 3.05) is 23.3 Å². The van der Waals surface area contributed by atoms with Gasteiger partial charge in [0.15, 0.2) is 5.82 Å². The Kier molecular flexibility index (Phi) is 6.04. The number of fused-ring (bicyclic) bond motifs is 1. The Morgan fingerprint density at radius 1 is 0.914 bits per heavy atom. The van der Waals surface area contributed by atoms with Gasteiger partial charge >= 0.3 is 0 Å². The first kappa shape index (κ1) is 22.0. The second-order valence-corrected chi connectivity index (χ2v) is 8.04. The number of amides is 3. The van der Waals surface area contributed by atoms with Crippen molar-refractivity contribution < 1.29 is 14.4 Å². The number of rotatable bonds is 5. The van der Waals surface area contributed by atoms with E-state index in [0.717, 1.165) is 5.56 Å². The Hall–Kier alpha value is -4.79. The van der Waals surface area contributed by atoms with Gasteiger partial charge in [-0.3, -0.25) is 19.3 Å². The van der Waals surface area contributed by atoms with E-state index in [0.29, 0.717) is 22.8 Å². The summed E-state index contributed by atoms with van der Waals surface area (Å²) in [6.45, 7) is -0.0862. The highest BCUT2D eigenvalue weighted by Gasteiger charge is 2.30. The molecule has 0 bridgehead atoms. The van der Waals surface area contributed by atoms with Crippen LogP contribution in [0.2, 0.25) is 0 Å². The lowest BCUT2D eigenvalue weighted by molar-refractivity contribution is -0.133. The van der Waals surface area contributed by atoms with Crippen molar-refractivity contribution in [3.8, 4) is 5.82 Å². The number of hydrogen-bond donors (Lipinski definition) is 1. The predicted molar refractivity (Wildman–Crippen MR) is 130 cm³/mol. The molecule has 0 fully saturated rings. The first-order valence-electron chi connectivity index (χ1n) is 11.1. The molecule has 0 saturated heterocycles. The Morgan fingerprint density at radius 2 is 1.71 bits per heavy atom. The van der Waals surface area contributed by atoms with Crippen molar-refractivity contribution in [2.24, 2.45) is 0 Å². The highest BCUT2D eigenvalue weighted by molar-refractivity contribution is 6.09. The number of anilines is 2. The molecule has 1 N–H and O–H groups in total. The maximum Gasteiger partial charge on any atom is 0.260 e. The van der Waals surface area contributed by atoms with Gasteiger partial charge in [-0.2, -0.15) is 5.10 Å². The van der Waals surface area contributed by atoms with E-state index in [-0.39, 0.29) is 37.4 Å². The molecule has 0 spiro atoms. The molecule has 1 aliphatic rings. The fourth-order valence-corrected chi connectivity index (χ4v) is 3.95. The highest BCUT2D eigenvalue weighted by atomic mass is 16.2. The van der Waals surface area contributed by atoms with Crippen LogP contribution in [0.5, 0.6) is 0 Å². The van der Waals surface area contributed by atoms with E-state index in [1.807, 2.05) is 36.4 Å². The Labute approximate surface area is 201 Å². The molecule has 9 heteroatoms. The van der Waals surface area contributed by atoms with Crippen LogP contribution < -0.4 is 10.2 Å². The number of benzene rings is 2. The molecule has 3 heterocycles. The highest BCUT2D eigenvalue weighted by Crippen LogP contribution is 2.27. The van der Waals surface area contributed by atoms with Crippen LogP contribution in [-0.2, 0) is 16.1 Å². The normalized spacial score (nSPS) is 13.2. The van der Waals surface area contributed by atoms with E-state index in [1.165, 1.54) is 16.0 Å². The smallest absolute Gasteiger partial charge is 0.260 e. The Bertz CT molecular complexity index is 1350. The first-order chi connectivity index (χ1) is 17.1. The molecule has 0 aliphatic carbocycles. The minimum Gasteiger partial charge on any atom is -0.327 e. The summed E-state index contributed by atoms with van der Waals surface area (Å²) in [5.74, 6) is -0.394. The summed E-state index contributed by atoms with van der Waals surface area (Å²) in [7, 11) is 0. The molecule has 174 valence electrons. The molecule has 35 heavy (non-hydrogen) atoms. The summed E-state index contributed by atoms with van der Waals surface area (Å²) >= 11 is 0. The number of carbonyl (C=O) groups is 3. The van der Waals surface area contributed by atoms with Crippen LogP contribution in [-0.4, -0.2) is 50.5 Å². The zero-order valence-corrected chi connectivity index (χ0v) is 18.7. The molecular formula is C26H22N6O3. The summed E-state index contributed by atoms with van der Waals surface area (Å²) in [4.78, 5) is 46.4. The second-order valence-electron chi connectivity index (χ2n) is 8.04.